The molecule has 6 N–H and O–H groups in total. The van der Waals surface area contributed by atoms with Crippen LogP contribution in [0.3, 0.4) is 0 Å². The summed E-state index contributed by atoms with van der Waals surface area (Å²) in [7, 11) is 0. The molecule has 0 bridgehead atoms. The second-order valence-corrected chi connectivity index (χ2v) is 3.80. The maximum Gasteiger partial charge on any atom is 0.326 e. The lowest BCUT2D eigenvalue weighted by molar-refractivity contribution is -0.421. The molecule has 96 valence electrons. The summed E-state index contributed by atoms with van der Waals surface area (Å²) in [4.78, 5) is 0. The molecular formula is C6H12O9S. The Kier molecular flexibility index (Phi) is 4.34. The average molecular weight is 260 g/mol. The lowest BCUT2D eigenvalue weighted by Gasteiger charge is -2.43. The molecule has 1 unspecified atom stereocenters. The molecular weight excluding hydrogens is 248 g/mol. The van der Waals surface area contributed by atoms with Crippen LogP contribution in [0.4, 0.5) is 0 Å². The number of ether oxygens (including phenoxy) is 1. The van der Waals surface area contributed by atoms with E-state index in [9.17, 15) is 24.6 Å². The van der Waals surface area contributed by atoms with Crippen LogP contribution in [0.1, 0.15) is 0 Å². The molecule has 10 heteroatoms. The summed E-state index contributed by atoms with van der Waals surface area (Å²) in [6.07, 6.45) is -7.20. The predicted octanol–water partition coefficient (Wildman–Crippen LogP) is -3.74. The van der Waals surface area contributed by atoms with Crippen LogP contribution in [0.5, 0.6) is 0 Å². The van der Waals surface area contributed by atoms with Gasteiger partial charge in [-0.15, -0.1) is 0 Å². The Morgan fingerprint density at radius 3 is 2.31 bits per heavy atom. The van der Waals surface area contributed by atoms with Crippen LogP contribution in [0.15, 0.2) is 0 Å². The lowest BCUT2D eigenvalue weighted by Crippen LogP contribution is -2.66. The first-order valence-corrected chi connectivity index (χ1v) is 5.20. The molecule has 9 nitrogen and oxygen atoms in total. The fourth-order valence-electron chi connectivity index (χ4n) is 1.30. The zero-order valence-electron chi connectivity index (χ0n) is 7.83. The van der Waals surface area contributed by atoms with E-state index in [0.717, 1.165) is 0 Å². The smallest absolute Gasteiger partial charge is 0.326 e. The molecule has 0 aromatic rings. The zero-order valence-corrected chi connectivity index (χ0v) is 8.65. The Hall–Kier alpha value is -0.170. The fraction of sp³-hybridized carbons (Fsp3) is 1.00. The second kappa shape index (κ2) is 5.00. The molecule has 0 aromatic carbocycles. The van der Waals surface area contributed by atoms with Crippen LogP contribution in [-0.2, 0) is 20.3 Å². The van der Waals surface area contributed by atoms with E-state index in [0.29, 0.717) is 0 Å². The number of hydrogen-bond acceptors (Lipinski definition) is 8. The summed E-state index contributed by atoms with van der Waals surface area (Å²) in [5.41, 5.74) is 0. The molecule has 1 saturated heterocycles. The van der Waals surface area contributed by atoms with Crippen molar-refractivity contribution in [3.8, 4) is 0 Å². The molecule has 0 saturated carbocycles. The minimum atomic E-state index is -2.98. The van der Waals surface area contributed by atoms with Crippen LogP contribution >= 0.6 is 0 Å². The van der Waals surface area contributed by atoms with Gasteiger partial charge in [0.15, 0.2) is 6.10 Å². The highest BCUT2D eigenvalue weighted by Crippen LogP contribution is 2.29. The topological polar surface area (TPSA) is 157 Å². The van der Waals surface area contributed by atoms with Gasteiger partial charge in [-0.3, -0.25) is 4.55 Å². The van der Waals surface area contributed by atoms with E-state index >= 15 is 0 Å². The van der Waals surface area contributed by atoms with Crippen LogP contribution in [0.25, 0.3) is 0 Å². The van der Waals surface area contributed by atoms with Crippen LogP contribution in [0.2, 0.25) is 0 Å². The van der Waals surface area contributed by atoms with Crippen molar-refractivity contribution < 1.29 is 43.2 Å². The van der Waals surface area contributed by atoms with Gasteiger partial charge in [-0.2, -0.15) is 4.21 Å². The Morgan fingerprint density at radius 2 is 1.88 bits per heavy atom. The fourth-order valence-corrected chi connectivity index (χ4v) is 1.64. The first-order chi connectivity index (χ1) is 7.31. The predicted molar refractivity (Wildman–Crippen MR) is 46.8 cm³/mol. The third-order valence-electron chi connectivity index (χ3n) is 2.12. The van der Waals surface area contributed by atoms with Crippen LogP contribution in [0, 0.1) is 0 Å². The number of aliphatic hydroxyl groups is 5. The molecule has 6 atom stereocenters. The molecule has 1 aliphatic rings. The van der Waals surface area contributed by atoms with Gasteiger partial charge < -0.3 is 30.3 Å². The van der Waals surface area contributed by atoms with Crippen molar-refractivity contribution in [2.45, 2.75) is 30.4 Å². The van der Waals surface area contributed by atoms with Gasteiger partial charge >= 0.3 is 17.3 Å². The van der Waals surface area contributed by atoms with E-state index in [1.807, 2.05) is 0 Å². The molecule has 1 rings (SSSR count). The summed E-state index contributed by atoms with van der Waals surface area (Å²) in [5.74, 6) is -2.98. The quantitative estimate of drug-likeness (QED) is 0.221. The van der Waals surface area contributed by atoms with Gasteiger partial charge in [0.2, 0.25) is 0 Å². The zero-order chi connectivity index (χ0) is 12.5. The Balaban J connectivity index is 2.89. The molecule has 0 amide bonds. The summed E-state index contributed by atoms with van der Waals surface area (Å²) >= 11 is -2.98. The Morgan fingerprint density at radius 1 is 1.31 bits per heavy atom. The molecule has 1 heterocycles. The third-order valence-corrected chi connectivity index (χ3v) is 2.50. The minimum Gasteiger partial charge on any atom is -0.394 e. The van der Waals surface area contributed by atoms with E-state index in [4.69, 9.17) is 9.66 Å². The summed E-state index contributed by atoms with van der Waals surface area (Å²) in [6.45, 7) is -0.797. The van der Waals surface area contributed by atoms with Gasteiger partial charge in [0.25, 0.3) is 0 Å². The normalized spacial score (nSPS) is 46.6. The lowest BCUT2D eigenvalue weighted by atomic mass is 9.98. The second-order valence-electron chi connectivity index (χ2n) is 3.20. The van der Waals surface area contributed by atoms with Crippen molar-refractivity contribution in [3.63, 3.8) is 0 Å². The van der Waals surface area contributed by atoms with Gasteiger partial charge in [-0.25, -0.2) is 4.18 Å². The molecule has 0 spiro atoms. The third kappa shape index (κ3) is 2.56. The number of aliphatic hydroxyl groups excluding tert-OH is 4. The van der Waals surface area contributed by atoms with Crippen LogP contribution in [-0.4, -0.2) is 71.3 Å². The molecule has 0 radical (unpaired) electrons. The summed E-state index contributed by atoms with van der Waals surface area (Å²) in [6, 6.07) is 0. The van der Waals surface area contributed by atoms with Gasteiger partial charge in [0.1, 0.15) is 18.3 Å². The first-order valence-electron chi connectivity index (χ1n) is 4.17. The highest BCUT2D eigenvalue weighted by Gasteiger charge is 2.55. The minimum absolute atomic E-state index is 0.797. The Labute approximate surface area is 92.3 Å². The Bertz CT molecular complexity index is 271. The highest BCUT2D eigenvalue weighted by atomic mass is 32.2. The number of rotatable bonds is 3. The van der Waals surface area contributed by atoms with E-state index in [1.54, 1.807) is 0 Å². The maximum atomic E-state index is 10.3. The standard InChI is InChI=1S/C6H12O9S/c7-1-2-3(8)4(9)5(10)6(11,14-2)15-16(12)13/h2-5,7-11H,1H2,(H,12,13)/t2-,3-,4+,5+,6+/m1/s1. The maximum absolute atomic E-state index is 10.3. The van der Waals surface area contributed by atoms with E-state index < -0.39 is 48.4 Å². The SMILES string of the molecule is O=S(O)O[C@@]1(O)O[C@H](CO)[C@@H](O)[C@H](O)[C@@H]1O. The van der Waals surface area contributed by atoms with Crippen molar-refractivity contribution in [3.05, 3.63) is 0 Å². The van der Waals surface area contributed by atoms with Crippen molar-refractivity contribution in [2.24, 2.45) is 0 Å². The number of hydrogen-bond donors (Lipinski definition) is 6. The van der Waals surface area contributed by atoms with Crippen molar-refractivity contribution >= 4 is 11.4 Å². The van der Waals surface area contributed by atoms with Crippen molar-refractivity contribution in [2.75, 3.05) is 6.61 Å². The average Bonchev–Trinajstić information content (AvgIpc) is 2.20. The molecule has 0 aliphatic carbocycles. The van der Waals surface area contributed by atoms with Crippen molar-refractivity contribution in [1.29, 1.82) is 0 Å². The first kappa shape index (κ1) is 13.9. The van der Waals surface area contributed by atoms with Gasteiger partial charge in [-0.05, 0) is 0 Å². The molecule has 16 heavy (non-hydrogen) atoms. The van der Waals surface area contributed by atoms with E-state index in [1.165, 1.54) is 0 Å². The monoisotopic (exact) mass is 260 g/mol. The highest BCUT2D eigenvalue weighted by molar-refractivity contribution is 7.74. The van der Waals surface area contributed by atoms with E-state index in [-0.39, 0.29) is 0 Å². The van der Waals surface area contributed by atoms with Crippen LogP contribution < -0.4 is 0 Å². The largest absolute Gasteiger partial charge is 0.394 e. The van der Waals surface area contributed by atoms with Gasteiger partial charge in [-0.1, -0.05) is 0 Å². The molecule has 1 fully saturated rings. The molecule has 0 aromatic heterocycles. The summed E-state index contributed by atoms with van der Waals surface area (Å²) < 4.78 is 27.2. The van der Waals surface area contributed by atoms with Gasteiger partial charge in [0.05, 0.1) is 6.61 Å². The summed E-state index contributed by atoms with van der Waals surface area (Å²) in [5, 5.41) is 46.1. The van der Waals surface area contributed by atoms with Crippen molar-refractivity contribution in [1.82, 2.24) is 0 Å². The molecule has 1 aliphatic heterocycles. The van der Waals surface area contributed by atoms with E-state index in [2.05, 4.69) is 8.92 Å². The van der Waals surface area contributed by atoms with Gasteiger partial charge in [0, 0.05) is 0 Å².